The summed E-state index contributed by atoms with van der Waals surface area (Å²) in [5.74, 6) is 0. The molecule has 1 atom stereocenters. The lowest BCUT2D eigenvalue weighted by atomic mass is 9.83. The van der Waals surface area contributed by atoms with Crippen LogP contribution in [0.4, 0.5) is 26.3 Å². The molecule has 2 aromatic rings. The lowest BCUT2D eigenvalue weighted by Gasteiger charge is -2.38. The zero-order chi connectivity index (χ0) is 21.1. The molecule has 0 unspecified atom stereocenters. The number of hydrogen-bond donors (Lipinski definition) is 1. The summed E-state index contributed by atoms with van der Waals surface area (Å²) in [6.45, 7) is 0.567. The minimum atomic E-state index is -4.87. The van der Waals surface area contributed by atoms with Crippen molar-refractivity contribution in [2.24, 2.45) is 0 Å². The molecule has 0 aliphatic carbocycles. The summed E-state index contributed by atoms with van der Waals surface area (Å²) in [5.41, 5.74) is -2.35. The van der Waals surface area contributed by atoms with E-state index in [1.54, 1.807) is 0 Å². The standard InChI is InChI=1S/C21H21F6NO/c22-20(23,24)17-10-15(11-18(12-17)21(25,26)27)13-29-14-19(8-4-5-9-28-19)16-6-2-1-3-7-16/h1-3,6-7,10-12,28H,4-5,8-9,13-14H2/t19-/m0/s1. The quantitative estimate of drug-likeness (QED) is 0.611. The smallest absolute Gasteiger partial charge is 0.374 e. The molecule has 2 aromatic carbocycles. The third kappa shape index (κ3) is 5.30. The molecule has 1 fully saturated rings. The van der Waals surface area contributed by atoms with Crippen LogP contribution in [0, 0.1) is 0 Å². The number of ether oxygens (including phenoxy) is 1. The molecule has 0 aromatic heterocycles. The van der Waals surface area contributed by atoms with Crippen molar-refractivity contribution >= 4 is 0 Å². The molecule has 29 heavy (non-hydrogen) atoms. The van der Waals surface area contributed by atoms with Gasteiger partial charge in [-0.05, 0) is 55.1 Å². The summed E-state index contributed by atoms with van der Waals surface area (Å²) in [7, 11) is 0. The number of piperidine rings is 1. The zero-order valence-electron chi connectivity index (χ0n) is 15.5. The Labute approximate surface area is 164 Å². The van der Waals surface area contributed by atoms with Crippen LogP contribution in [0.1, 0.15) is 41.5 Å². The van der Waals surface area contributed by atoms with E-state index in [2.05, 4.69) is 5.32 Å². The molecule has 2 nitrogen and oxygen atoms in total. The molecule has 1 aliphatic rings. The Morgan fingerprint density at radius 2 is 1.48 bits per heavy atom. The lowest BCUT2D eigenvalue weighted by Crippen LogP contribution is -2.49. The first-order chi connectivity index (χ1) is 13.6. The number of halogens is 6. The van der Waals surface area contributed by atoms with E-state index in [4.69, 9.17) is 4.74 Å². The summed E-state index contributed by atoms with van der Waals surface area (Å²) in [5, 5.41) is 3.42. The first-order valence-corrected chi connectivity index (χ1v) is 9.27. The van der Waals surface area contributed by atoms with Crippen LogP contribution in [0.5, 0.6) is 0 Å². The van der Waals surface area contributed by atoms with Crippen LogP contribution in [-0.4, -0.2) is 13.2 Å². The van der Waals surface area contributed by atoms with Crippen LogP contribution in [-0.2, 0) is 29.2 Å². The van der Waals surface area contributed by atoms with Gasteiger partial charge in [0.05, 0.1) is 29.9 Å². The average molecular weight is 417 g/mol. The summed E-state index contributed by atoms with van der Waals surface area (Å²) in [6, 6.07) is 11.1. The topological polar surface area (TPSA) is 21.3 Å². The van der Waals surface area contributed by atoms with E-state index < -0.39 is 29.0 Å². The van der Waals surface area contributed by atoms with E-state index in [0.29, 0.717) is 12.1 Å². The van der Waals surface area contributed by atoms with Crippen molar-refractivity contribution < 1.29 is 31.1 Å². The normalized spacial score (nSPS) is 20.6. The molecule has 0 spiro atoms. The van der Waals surface area contributed by atoms with Crippen LogP contribution in [0.25, 0.3) is 0 Å². The SMILES string of the molecule is FC(F)(F)c1cc(COC[C@]2(c3ccccc3)CCCCN2)cc(C(F)(F)F)c1. The van der Waals surface area contributed by atoms with Gasteiger partial charge in [0.1, 0.15) is 0 Å². The maximum absolute atomic E-state index is 13.0. The fourth-order valence-electron chi connectivity index (χ4n) is 3.62. The first-order valence-electron chi connectivity index (χ1n) is 9.27. The van der Waals surface area contributed by atoms with Gasteiger partial charge in [0.2, 0.25) is 0 Å². The molecule has 158 valence electrons. The molecule has 0 amide bonds. The molecular weight excluding hydrogens is 396 g/mol. The second kappa shape index (κ2) is 8.36. The molecule has 1 heterocycles. The molecule has 0 radical (unpaired) electrons. The highest BCUT2D eigenvalue weighted by Crippen LogP contribution is 2.37. The van der Waals surface area contributed by atoms with E-state index in [0.717, 1.165) is 31.4 Å². The number of nitrogens with one attached hydrogen (secondary N) is 1. The van der Waals surface area contributed by atoms with Crippen molar-refractivity contribution in [2.75, 3.05) is 13.2 Å². The molecule has 0 bridgehead atoms. The van der Waals surface area contributed by atoms with Crippen LogP contribution in [0.15, 0.2) is 48.5 Å². The van der Waals surface area contributed by atoms with Gasteiger partial charge in [-0.25, -0.2) is 0 Å². The Kier molecular flexibility index (Phi) is 6.24. The van der Waals surface area contributed by atoms with E-state index >= 15 is 0 Å². The van der Waals surface area contributed by atoms with Crippen molar-refractivity contribution in [2.45, 2.75) is 43.8 Å². The van der Waals surface area contributed by atoms with E-state index in [-0.39, 0.29) is 24.8 Å². The minimum Gasteiger partial charge on any atom is -0.374 e. The second-order valence-corrected chi connectivity index (χ2v) is 7.24. The van der Waals surface area contributed by atoms with Crippen molar-refractivity contribution in [3.63, 3.8) is 0 Å². The number of rotatable bonds is 5. The van der Waals surface area contributed by atoms with Crippen LogP contribution in [0.2, 0.25) is 0 Å². The van der Waals surface area contributed by atoms with Gasteiger partial charge in [0.15, 0.2) is 0 Å². The van der Waals surface area contributed by atoms with Crippen LogP contribution < -0.4 is 5.32 Å². The van der Waals surface area contributed by atoms with Crippen molar-refractivity contribution in [1.29, 1.82) is 0 Å². The van der Waals surface area contributed by atoms with Crippen LogP contribution >= 0.6 is 0 Å². The summed E-state index contributed by atoms with van der Waals surface area (Å²) >= 11 is 0. The van der Waals surface area contributed by atoms with Gasteiger partial charge in [-0.3, -0.25) is 0 Å². The van der Waals surface area contributed by atoms with Gasteiger partial charge in [0, 0.05) is 0 Å². The maximum atomic E-state index is 13.0. The third-order valence-corrected chi connectivity index (χ3v) is 5.08. The zero-order valence-corrected chi connectivity index (χ0v) is 15.5. The number of benzene rings is 2. The van der Waals surface area contributed by atoms with E-state index in [1.807, 2.05) is 30.3 Å². The predicted octanol–water partition coefficient (Wildman–Crippen LogP) is 5.91. The average Bonchev–Trinajstić information content (AvgIpc) is 2.68. The van der Waals surface area contributed by atoms with Crippen LogP contribution in [0.3, 0.4) is 0 Å². The summed E-state index contributed by atoms with van der Waals surface area (Å²) < 4.78 is 83.7. The Bertz CT molecular complexity index is 778. The first kappa shape index (κ1) is 21.6. The highest BCUT2D eigenvalue weighted by molar-refractivity contribution is 5.33. The van der Waals surface area contributed by atoms with Gasteiger partial charge in [-0.2, -0.15) is 26.3 Å². The maximum Gasteiger partial charge on any atom is 0.416 e. The van der Waals surface area contributed by atoms with Gasteiger partial charge in [0.25, 0.3) is 0 Å². The minimum absolute atomic E-state index is 0.123. The fraction of sp³-hybridized carbons (Fsp3) is 0.429. The Hall–Kier alpha value is -2.06. The molecule has 1 saturated heterocycles. The van der Waals surface area contributed by atoms with Gasteiger partial charge in [-0.1, -0.05) is 30.3 Å². The Morgan fingerprint density at radius 1 is 0.862 bits per heavy atom. The van der Waals surface area contributed by atoms with Crippen molar-refractivity contribution in [3.8, 4) is 0 Å². The van der Waals surface area contributed by atoms with E-state index in [1.165, 1.54) is 0 Å². The number of hydrogen-bond acceptors (Lipinski definition) is 2. The summed E-state index contributed by atoms with van der Waals surface area (Å²) in [4.78, 5) is 0. The largest absolute Gasteiger partial charge is 0.416 e. The second-order valence-electron chi connectivity index (χ2n) is 7.24. The van der Waals surface area contributed by atoms with E-state index in [9.17, 15) is 26.3 Å². The molecule has 3 rings (SSSR count). The Morgan fingerprint density at radius 3 is 2.00 bits per heavy atom. The molecule has 1 aliphatic heterocycles. The van der Waals surface area contributed by atoms with Gasteiger partial charge < -0.3 is 10.1 Å². The van der Waals surface area contributed by atoms with Gasteiger partial charge in [-0.15, -0.1) is 0 Å². The molecular formula is C21H21F6NO. The molecule has 1 N–H and O–H groups in total. The lowest BCUT2D eigenvalue weighted by molar-refractivity contribution is -0.143. The highest BCUT2D eigenvalue weighted by Gasteiger charge is 2.37. The molecule has 0 saturated carbocycles. The summed E-state index contributed by atoms with van der Waals surface area (Å²) in [6.07, 6.45) is -7.02. The van der Waals surface area contributed by atoms with Crippen molar-refractivity contribution in [1.82, 2.24) is 5.32 Å². The highest BCUT2D eigenvalue weighted by atomic mass is 19.4. The predicted molar refractivity (Wildman–Crippen MR) is 96.1 cm³/mol. The third-order valence-electron chi connectivity index (χ3n) is 5.08. The molecule has 8 heteroatoms. The Balaban J connectivity index is 1.79. The number of alkyl halides is 6. The fourth-order valence-corrected chi connectivity index (χ4v) is 3.62. The monoisotopic (exact) mass is 417 g/mol. The van der Waals surface area contributed by atoms with Gasteiger partial charge >= 0.3 is 12.4 Å². The van der Waals surface area contributed by atoms with Crippen molar-refractivity contribution in [3.05, 3.63) is 70.8 Å².